The standard InChI is InChI=1S/C22H23Cl2N3O5/c1-3-14-6-4-5-13(2)21(14)27-19(29)12-32-20(30)11-25-18(28)10-26-22(31)16-8-7-15(23)9-17(16)24/h4-9H,3,10-12H2,1-2H3,(H,25,28)(H,26,31)(H,27,29). The lowest BCUT2D eigenvalue weighted by Crippen LogP contribution is -2.39. The topological polar surface area (TPSA) is 114 Å². The number of rotatable bonds is 9. The van der Waals surface area contributed by atoms with Gasteiger partial charge in [0.25, 0.3) is 11.8 Å². The van der Waals surface area contributed by atoms with Crippen molar-refractivity contribution in [1.82, 2.24) is 10.6 Å². The first kappa shape index (κ1) is 25.2. The summed E-state index contributed by atoms with van der Waals surface area (Å²) in [6.45, 7) is 2.53. The summed E-state index contributed by atoms with van der Waals surface area (Å²) in [6, 6.07) is 10.0. The van der Waals surface area contributed by atoms with Crippen molar-refractivity contribution in [1.29, 1.82) is 0 Å². The SMILES string of the molecule is CCc1cccc(C)c1NC(=O)COC(=O)CNC(=O)CNC(=O)c1ccc(Cl)cc1Cl. The molecule has 0 spiro atoms. The number of para-hydroxylation sites is 1. The van der Waals surface area contributed by atoms with Crippen LogP contribution in [0, 0.1) is 6.92 Å². The van der Waals surface area contributed by atoms with Crippen molar-refractivity contribution in [2.75, 3.05) is 25.0 Å². The van der Waals surface area contributed by atoms with E-state index < -0.39 is 36.8 Å². The molecule has 3 amide bonds. The first-order valence-electron chi connectivity index (χ1n) is 9.75. The lowest BCUT2D eigenvalue weighted by molar-refractivity contribution is -0.147. The van der Waals surface area contributed by atoms with Crippen LogP contribution in [0.15, 0.2) is 36.4 Å². The van der Waals surface area contributed by atoms with E-state index >= 15 is 0 Å². The Morgan fingerprint density at radius 2 is 1.72 bits per heavy atom. The van der Waals surface area contributed by atoms with Gasteiger partial charge in [-0.05, 0) is 42.7 Å². The van der Waals surface area contributed by atoms with Crippen LogP contribution in [0.1, 0.15) is 28.4 Å². The van der Waals surface area contributed by atoms with E-state index in [1.165, 1.54) is 18.2 Å². The van der Waals surface area contributed by atoms with E-state index in [4.69, 9.17) is 27.9 Å². The van der Waals surface area contributed by atoms with Crippen LogP contribution in [-0.2, 0) is 25.5 Å². The maximum atomic E-state index is 12.1. The first-order valence-corrected chi connectivity index (χ1v) is 10.5. The Balaban J connectivity index is 1.72. The van der Waals surface area contributed by atoms with E-state index in [2.05, 4.69) is 16.0 Å². The molecular formula is C22H23Cl2N3O5. The summed E-state index contributed by atoms with van der Waals surface area (Å²) < 4.78 is 4.88. The zero-order valence-corrected chi connectivity index (χ0v) is 19.1. The molecule has 3 N–H and O–H groups in total. The van der Waals surface area contributed by atoms with Crippen molar-refractivity contribution >= 4 is 52.6 Å². The number of aryl methyl sites for hydroxylation is 2. The summed E-state index contributed by atoms with van der Waals surface area (Å²) >= 11 is 11.7. The number of hydrogen-bond donors (Lipinski definition) is 3. The summed E-state index contributed by atoms with van der Waals surface area (Å²) in [4.78, 5) is 47.8. The van der Waals surface area contributed by atoms with Crippen LogP contribution in [0.3, 0.4) is 0 Å². The molecular weight excluding hydrogens is 457 g/mol. The molecule has 0 fully saturated rings. The molecule has 0 radical (unpaired) electrons. The quantitative estimate of drug-likeness (QED) is 0.478. The third-order valence-corrected chi connectivity index (χ3v) is 4.93. The summed E-state index contributed by atoms with van der Waals surface area (Å²) in [5.74, 6) is -2.46. The van der Waals surface area contributed by atoms with Gasteiger partial charge in [-0.2, -0.15) is 0 Å². The van der Waals surface area contributed by atoms with E-state index in [9.17, 15) is 19.2 Å². The minimum absolute atomic E-state index is 0.147. The van der Waals surface area contributed by atoms with Crippen LogP contribution in [-0.4, -0.2) is 43.4 Å². The largest absolute Gasteiger partial charge is 0.454 e. The number of carbonyl (C=O) groups excluding carboxylic acids is 4. The number of hydrogen-bond acceptors (Lipinski definition) is 5. The highest BCUT2D eigenvalue weighted by Gasteiger charge is 2.14. The molecule has 2 rings (SSSR count). The minimum Gasteiger partial charge on any atom is -0.454 e. The third-order valence-electron chi connectivity index (χ3n) is 4.38. The van der Waals surface area contributed by atoms with E-state index in [1.54, 1.807) is 0 Å². The maximum Gasteiger partial charge on any atom is 0.325 e. The second-order valence-corrected chi connectivity index (χ2v) is 7.60. The van der Waals surface area contributed by atoms with Crippen molar-refractivity contribution in [3.8, 4) is 0 Å². The van der Waals surface area contributed by atoms with Gasteiger partial charge in [-0.1, -0.05) is 48.3 Å². The number of ether oxygens (including phenoxy) is 1. The molecule has 0 bridgehead atoms. The van der Waals surface area contributed by atoms with Gasteiger partial charge in [0.05, 0.1) is 17.1 Å². The Morgan fingerprint density at radius 1 is 0.969 bits per heavy atom. The Hall–Kier alpha value is -3.10. The highest BCUT2D eigenvalue weighted by molar-refractivity contribution is 6.36. The Kier molecular flexibility index (Phi) is 9.49. The Bertz CT molecular complexity index is 1030. The van der Waals surface area contributed by atoms with Gasteiger partial charge >= 0.3 is 5.97 Å². The van der Waals surface area contributed by atoms with Gasteiger partial charge in [0.2, 0.25) is 5.91 Å². The van der Waals surface area contributed by atoms with Crippen LogP contribution in [0.25, 0.3) is 0 Å². The number of esters is 1. The van der Waals surface area contributed by atoms with E-state index in [0.29, 0.717) is 10.7 Å². The van der Waals surface area contributed by atoms with Gasteiger partial charge in [0.1, 0.15) is 6.54 Å². The molecule has 0 atom stereocenters. The van der Waals surface area contributed by atoms with Gasteiger partial charge < -0.3 is 20.7 Å². The van der Waals surface area contributed by atoms with Crippen LogP contribution < -0.4 is 16.0 Å². The zero-order chi connectivity index (χ0) is 23.7. The number of amides is 3. The molecule has 0 heterocycles. The van der Waals surface area contributed by atoms with Crippen molar-refractivity contribution in [3.05, 3.63) is 63.1 Å². The van der Waals surface area contributed by atoms with Gasteiger partial charge in [-0.25, -0.2) is 0 Å². The molecule has 0 aliphatic carbocycles. The zero-order valence-electron chi connectivity index (χ0n) is 17.6. The maximum absolute atomic E-state index is 12.1. The van der Waals surface area contributed by atoms with Crippen LogP contribution in [0.2, 0.25) is 10.0 Å². The fourth-order valence-corrected chi connectivity index (χ4v) is 3.23. The van der Waals surface area contributed by atoms with Crippen molar-refractivity contribution in [2.45, 2.75) is 20.3 Å². The molecule has 0 aliphatic heterocycles. The van der Waals surface area contributed by atoms with Gasteiger partial charge in [-0.15, -0.1) is 0 Å². The van der Waals surface area contributed by atoms with Crippen molar-refractivity contribution in [3.63, 3.8) is 0 Å². The summed E-state index contributed by atoms with van der Waals surface area (Å²) in [6.07, 6.45) is 0.740. The number of anilines is 1. The molecule has 8 nitrogen and oxygen atoms in total. The van der Waals surface area contributed by atoms with Gasteiger partial charge in [-0.3, -0.25) is 19.2 Å². The summed E-state index contributed by atoms with van der Waals surface area (Å²) in [5.41, 5.74) is 2.73. The predicted molar refractivity (Wildman–Crippen MR) is 122 cm³/mol. The molecule has 32 heavy (non-hydrogen) atoms. The van der Waals surface area contributed by atoms with Gasteiger partial charge in [0.15, 0.2) is 6.61 Å². The lowest BCUT2D eigenvalue weighted by atomic mass is 10.1. The van der Waals surface area contributed by atoms with E-state index in [-0.39, 0.29) is 17.1 Å². The molecule has 2 aromatic carbocycles. The number of halogens is 2. The normalized spacial score (nSPS) is 10.2. The average molecular weight is 480 g/mol. The van der Waals surface area contributed by atoms with Crippen molar-refractivity contribution in [2.24, 2.45) is 0 Å². The number of benzene rings is 2. The smallest absolute Gasteiger partial charge is 0.325 e. The van der Waals surface area contributed by atoms with Crippen LogP contribution >= 0.6 is 23.2 Å². The second kappa shape index (κ2) is 12.1. The molecule has 0 aromatic heterocycles. The lowest BCUT2D eigenvalue weighted by Gasteiger charge is -2.13. The van der Waals surface area contributed by atoms with Crippen LogP contribution in [0.4, 0.5) is 5.69 Å². The monoisotopic (exact) mass is 479 g/mol. The van der Waals surface area contributed by atoms with Crippen LogP contribution in [0.5, 0.6) is 0 Å². The second-order valence-electron chi connectivity index (χ2n) is 6.76. The molecule has 0 unspecified atom stereocenters. The Labute approximate surface area is 195 Å². The minimum atomic E-state index is -0.791. The molecule has 0 aliphatic rings. The fraction of sp³-hybridized carbons (Fsp3) is 0.273. The van der Waals surface area contributed by atoms with E-state index in [0.717, 1.165) is 17.5 Å². The summed E-state index contributed by atoms with van der Waals surface area (Å²) in [5, 5.41) is 7.94. The average Bonchev–Trinajstić information content (AvgIpc) is 2.75. The summed E-state index contributed by atoms with van der Waals surface area (Å²) in [7, 11) is 0. The number of carbonyl (C=O) groups is 4. The highest BCUT2D eigenvalue weighted by Crippen LogP contribution is 2.21. The Morgan fingerprint density at radius 3 is 2.41 bits per heavy atom. The third kappa shape index (κ3) is 7.55. The molecule has 170 valence electrons. The predicted octanol–water partition coefficient (Wildman–Crippen LogP) is 2.89. The molecule has 0 saturated carbocycles. The van der Waals surface area contributed by atoms with Crippen molar-refractivity contribution < 1.29 is 23.9 Å². The fourth-order valence-electron chi connectivity index (χ4n) is 2.74. The highest BCUT2D eigenvalue weighted by atomic mass is 35.5. The first-order chi connectivity index (χ1) is 15.2. The number of nitrogens with one attached hydrogen (secondary N) is 3. The van der Waals surface area contributed by atoms with Gasteiger partial charge in [0, 0.05) is 10.7 Å². The molecule has 2 aromatic rings. The van der Waals surface area contributed by atoms with E-state index in [1.807, 2.05) is 32.0 Å². The molecule has 0 saturated heterocycles. The molecule has 10 heteroatoms.